The number of amides is 2. The Morgan fingerprint density at radius 3 is 2.03 bits per heavy atom. The summed E-state index contributed by atoms with van der Waals surface area (Å²) < 4.78 is 0. The highest BCUT2D eigenvalue weighted by molar-refractivity contribution is 5.97. The maximum atomic E-state index is 12.7. The second-order valence-electron chi connectivity index (χ2n) is 6.56. The van der Waals surface area contributed by atoms with E-state index in [-0.39, 0.29) is 5.91 Å². The van der Waals surface area contributed by atoms with E-state index in [1.54, 1.807) is 72.8 Å². The second kappa shape index (κ2) is 9.64. The molecule has 0 spiro atoms. The standard InChI is InChI=1S/C23H23N3O3/c24-15-16-11-13-19(14-12-16)25-23(29)21(27)20(17-7-3-1-4-8-17)26-22(28)18-9-5-2-6-10-18/h1-14,20-21,27H,15,24H2,(H,25,29)(H,26,28). The van der Waals surface area contributed by atoms with Gasteiger partial charge in [-0.3, -0.25) is 9.59 Å². The van der Waals surface area contributed by atoms with Crippen LogP contribution in [0.1, 0.15) is 27.5 Å². The van der Waals surface area contributed by atoms with Gasteiger partial charge in [0.15, 0.2) is 6.10 Å². The number of carbonyl (C=O) groups excluding carboxylic acids is 2. The van der Waals surface area contributed by atoms with Crippen LogP contribution in [0.5, 0.6) is 0 Å². The molecule has 0 radical (unpaired) electrons. The molecule has 3 rings (SSSR count). The fourth-order valence-electron chi connectivity index (χ4n) is 2.91. The average Bonchev–Trinajstić information content (AvgIpc) is 2.78. The van der Waals surface area contributed by atoms with Crippen molar-refractivity contribution >= 4 is 17.5 Å². The van der Waals surface area contributed by atoms with Crippen LogP contribution in [0.3, 0.4) is 0 Å². The van der Waals surface area contributed by atoms with E-state index < -0.39 is 18.1 Å². The molecule has 0 aromatic heterocycles. The van der Waals surface area contributed by atoms with E-state index in [1.165, 1.54) is 0 Å². The van der Waals surface area contributed by atoms with E-state index in [2.05, 4.69) is 10.6 Å². The second-order valence-corrected chi connectivity index (χ2v) is 6.56. The molecular weight excluding hydrogens is 366 g/mol. The highest BCUT2D eigenvalue weighted by Gasteiger charge is 2.29. The van der Waals surface area contributed by atoms with Gasteiger partial charge in [-0.15, -0.1) is 0 Å². The van der Waals surface area contributed by atoms with Gasteiger partial charge < -0.3 is 21.5 Å². The van der Waals surface area contributed by atoms with Crippen LogP contribution in [-0.4, -0.2) is 23.0 Å². The number of rotatable bonds is 7. The molecule has 0 aliphatic heterocycles. The summed E-state index contributed by atoms with van der Waals surface area (Å²) in [5.74, 6) is -0.994. The Balaban J connectivity index is 1.79. The molecule has 0 fully saturated rings. The highest BCUT2D eigenvalue weighted by atomic mass is 16.3. The number of aliphatic hydroxyl groups is 1. The number of aliphatic hydroxyl groups excluding tert-OH is 1. The molecule has 0 aliphatic rings. The minimum absolute atomic E-state index is 0.376. The van der Waals surface area contributed by atoms with E-state index in [9.17, 15) is 14.7 Å². The quantitative estimate of drug-likeness (QED) is 0.499. The monoisotopic (exact) mass is 389 g/mol. The molecule has 6 heteroatoms. The van der Waals surface area contributed by atoms with Crippen molar-refractivity contribution in [2.75, 3.05) is 5.32 Å². The molecule has 0 bridgehead atoms. The Hall–Kier alpha value is -3.48. The van der Waals surface area contributed by atoms with Crippen molar-refractivity contribution in [1.29, 1.82) is 0 Å². The number of carbonyl (C=O) groups is 2. The smallest absolute Gasteiger partial charge is 0.255 e. The minimum Gasteiger partial charge on any atom is -0.381 e. The summed E-state index contributed by atoms with van der Waals surface area (Å²) in [6, 6.07) is 23.7. The average molecular weight is 389 g/mol. The van der Waals surface area contributed by atoms with Crippen molar-refractivity contribution in [2.24, 2.45) is 5.73 Å². The molecule has 2 atom stereocenters. The molecule has 2 amide bonds. The largest absolute Gasteiger partial charge is 0.381 e. The van der Waals surface area contributed by atoms with Gasteiger partial charge in [0.1, 0.15) is 0 Å². The first-order valence-corrected chi connectivity index (χ1v) is 9.27. The van der Waals surface area contributed by atoms with Crippen LogP contribution in [0.4, 0.5) is 5.69 Å². The third-order valence-corrected chi connectivity index (χ3v) is 4.52. The molecule has 148 valence electrons. The zero-order valence-corrected chi connectivity index (χ0v) is 15.8. The third-order valence-electron chi connectivity index (χ3n) is 4.52. The zero-order valence-electron chi connectivity index (χ0n) is 15.8. The van der Waals surface area contributed by atoms with Gasteiger partial charge in [-0.1, -0.05) is 60.7 Å². The molecular formula is C23H23N3O3. The lowest BCUT2D eigenvalue weighted by molar-refractivity contribution is -0.125. The van der Waals surface area contributed by atoms with Gasteiger partial charge in [-0.25, -0.2) is 0 Å². The van der Waals surface area contributed by atoms with Crippen molar-refractivity contribution in [3.63, 3.8) is 0 Å². The summed E-state index contributed by atoms with van der Waals surface area (Å²) in [5.41, 5.74) is 8.11. The Morgan fingerprint density at radius 2 is 1.45 bits per heavy atom. The van der Waals surface area contributed by atoms with Crippen LogP contribution in [0.2, 0.25) is 0 Å². The maximum absolute atomic E-state index is 12.7. The van der Waals surface area contributed by atoms with Gasteiger partial charge in [-0.05, 0) is 35.4 Å². The normalized spacial score (nSPS) is 12.6. The lowest BCUT2D eigenvalue weighted by Crippen LogP contribution is -2.42. The van der Waals surface area contributed by atoms with Gasteiger partial charge in [0.2, 0.25) is 0 Å². The number of nitrogens with two attached hydrogens (primary N) is 1. The van der Waals surface area contributed by atoms with Crippen LogP contribution < -0.4 is 16.4 Å². The van der Waals surface area contributed by atoms with Gasteiger partial charge in [0.25, 0.3) is 11.8 Å². The summed E-state index contributed by atoms with van der Waals surface area (Å²) in [4.78, 5) is 25.3. The molecule has 0 heterocycles. The molecule has 2 unspecified atom stereocenters. The molecule has 0 aliphatic carbocycles. The zero-order chi connectivity index (χ0) is 20.6. The van der Waals surface area contributed by atoms with Crippen LogP contribution in [0.15, 0.2) is 84.9 Å². The molecule has 29 heavy (non-hydrogen) atoms. The lowest BCUT2D eigenvalue weighted by Gasteiger charge is -2.24. The fourth-order valence-corrected chi connectivity index (χ4v) is 2.91. The first-order valence-electron chi connectivity index (χ1n) is 9.27. The SMILES string of the molecule is NCc1ccc(NC(=O)C(O)C(NC(=O)c2ccccc2)c2ccccc2)cc1. The minimum atomic E-state index is -1.49. The summed E-state index contributed by atoms with van der Waals surface area (Å²) >= 11 is 0. The fraction of sp³-hybridized carbons (Fsp3) is 0.130. The molecule has 0 saturated carbocycles. The molecule has 3 aromatic rings. The van der Waals surface area contributed by atoms with E-state index in [1.807, 2.05) is 12.1 Å². The first-order chi connectivity index (χ1) is 14.1. The van der Waals surface area contributed by atoms with E-state index in [0.29, 0.717) is 23.4 Å². The Kier molecular flexibility index (Phi) is 6.73. The van der Waals surface area contributed by atoms with Crippen LogP contribution in [0.25, 0.3) is 0 Å². The van der Waals surface area contributed by atoms with Crippen molar-refractivity contribution in [3.05, 3.63) is 102 Å². The molecule has 3 aromatic carbocycles. The number of benzene rings is 3. The number of hydrogen-bond acceptors (Lipinski definition) is 4. The molecule has 6 nitrogen and oxygen atoms in total. The van der Waals surface area contributed by atoms with E-state index >= 15 is 0 Å². The van der Waals surface area contributed by atoms with E-state index in [0.717, 1.165) is 5.56 Å². The van der Waals surface area contributed by atoms with Crippen LogP contribution in [-0.2, 0) is 11.3 Å². The van der Waals surface area contributed by atoms with Gasteiger partial charge in [0.05, 0.1) is 6.04 Å². The predicted octanol–water partition coefficient (Wildman–Crippen LogP) is 2.62. The van der Waals surface area contributed by atoms with Crippen molar-refractivity contribution < 1.29 is 14.7 Å². The van der Waals surface area contributed by atoms with Crippen molar-refractivity contribution in [3.8, 4) is 0 Å². The highest BCUT2D eigenvalue weighted by Crippen LogP contribution is 2.20. The Morgan fingerprint density at radius 1 is 0.862 bits per heavy atom. The van der Waals surface area contributed by atoms with Gasteiger partial charge in [0, 0.05) is 17.8 Å². The van der Waals surface area contributed by atoms with Crippen molar-refractivity contribution in [1.82, 2.24) is 5.32 Å². The Bertz CT molecular complexity index is 944. The van der Waals surface area contributed by atoms with Crippen molar-refractivity contribution in [2.45, 2.75) is 18.7 Å². The van der Waals surface area contributed by atoms with Crippen LogP contribution >= 0.6 is 0 Å². The van der Waals surface area contributed by atoms with E-state index in [4.69, 9.17) is 5.73 Å². The number of hydrogen-bond donors (Lipinski definition) is 4. The summed E-state index contributed by atoms with van der Waals surface area (Å²) in [6.07, 6.45) is -1.49. The molecule has 0 saturated heterocycles. The van der Waals surface area contributed by atoms with Crippen LogP contribution in [0, 0.1) is 0 Å². The number of nitrogens with one attached hydrogen (secondary N) is 2. The first kappa shape index (κ1) is 20.3. The molecule has 5 N–H and O–H groups in total. The summed E-state index contributed by atoms with van der Waals surface area (Å²) in [7, 11) is 0. The third kappa shape index (κ3) is 5.28. The summed E-state index contributed by atoms with van der Waals surface area (Å²) in [5, 5.41) is 16.2. The topological polar surface area (TPSA) is 104 Å². The van der Waals surface area contributed by atoms with Gasteiger partial charge in [-0.2, -0.15) is 0 Å². The predicted molar refractivity (Wildman–Crippen MR) is 112 cm³/mol. The summed E-state index contributed by atoms with van der Waals surface area (Å²) in [6.45, 7) is 0.401. The lowest BCUT2D eigenvalue weighted by atomic mass is 10.00. The van der Waals surface area contributed by atoms with Gasteiger partial charge >= 0.3 is 0 Å². The number of anilines is 1. The maximum Gasteiger partial charge on any atom is 0.255 e. The Labute approximate surface area is 169 Å².